The van der Waals surface area contributed by atoms with Crippen LogP contribution in [0.4, 0.5) is 0 Å². The van der Waals surface area contributed by atoms with Gasteiger partial charge in [0.25, 0.3) is 5.56 Å². The Morgan fingerprint density at radius 1 is 1.20 bits per heavy atom. The zero-order chi connectivity index (χ0) is 20.7. The summed E-state index contributed by atoms with van der Waals surface area (Å²) in [5.41, 5.74) is 1.40. The SMILES string of the molecule is COCC(=O)NC[C@H]1C[C@@H]2CCN1C[C@@H]2CN1C[C@@H]2C[C@H](C1)c1cccc(=O)n1C2. The van der Waals surface area contributed by atoms with Gasteiger partial charge in [0.1, 0.15) is 6.61 Å². The van der Waals surface area contributed by atoms with Crippen molar-refractivity contribution in [2.45, 2.75) is 37.8 Å². The molecule has 0 aromatic carbocycles. The maximum atomic E-state index is 12.3. The van der Waals surface area contributed by atoms with Crippen molar-refractivity contribution in [3.05, 3.63) is 34.2 Å². The summed E-state index contributed by atoms with van der Waals surface area (Å²) >= 11 is 0. The zero-order valence-corrected chi connectivity index (χ0v) is 18.0. The van der Waals surface area contributed by atoms with E-state index in [2.05, 4.69) is 21.2 Å². The van der Waals surface area contributed by atoms with Crippen LogP contribution >= 0.6 is 0 Å². The van der Waals surface area contributed by atoms with E-state index in [1.54, 1.807) is 13.2 Å². The third-order valence-electron chi connectivity index (χ3n) is 7.87. The molecule has 1 aromatic rings. The number of nitrogens with one attached hydrogen (secondary N) is 1. The van der Waals surface area contributed by atoms with Crippen molar-refractivity contribution in [3.63, 3.8) is 0 Å². The standard InChI is InChI=1S/C23H34N4O3/c1-30-15-22(28)24-9-20-8-17-5-6-26(20)14-19(17)13-25-10-16-7-18(12-25)21-3-2-4-23(29)27(21)11-16/h2-4,16-20H,5-15H2,1H3,(H,24,28)/t16-,17-,18+,19-,20+/m0/s1. The van der Waals surface area contributed by atoms with E-state index in [-0.39, 0.29) is 18.1 Å². The first-order valence-corrected chi connectivity index (χ1v) is 11.5. The zero-order valence-electron chi connectivity index (χ0n) is 18.0. The lowest BCUT2D eigenvalue weighted by Gasteiger charge is -2.52. The van der Waals surface area contributed by atoms with Crippen LogP contribution in [0, 0.1) is 17.8 Å². The van der Waals surface area contributed by atoms with Crippen molar-refractivity contribution in [2.75, 3.05) is 53.0 Å². The summed E-state index contributed by atoms with van der Waals surface area (Å²) in [5, 5.41) is 3.03. The van der Waals surface area contributed by atoms with E-state index in [0.717, 1.165) is 51.1 Å². The minimum Gasteiger partial charge on any atom is -0.375 e. The number of pyridine rings is 1. The fraction of sp³-hybridized carbons (Fsp3) is 0.739. The fourth-order valence-electron chi connectivity index (χ4n) is 6.56. The molecule has 0 spiro atoms. The number of hydrogen-bond donors (Lipinski definition) is 1. The van der Waals surface area contributed by atoms with E-state index in [4.69, 9.17) is 4.74 Å². The summed E-state index contributed by atoms with van der Waals surface area (Å²) in [4.78, 5) is 29.3. The number of rotatable bonds is 6. The Morgan fingerprint density at radius 3 is 2.90 bits per heavy atom. The molecule has 7 heteroatoms. The molecule has 6 atom stereocenters. The summed E-state index contributed by atoms with van der Waals surface area (Å²) in [6, 6.07) is 6.25. The van der Waals surface area contributed by atoms with Crippen LogP contribution in [0.5, 0.6) is 0 Å². The first kappa shape index (κ1) is 20.2. The normalized spacial score (nSPS) is 35.1. The predicted molar refractivity (Wildman–Crippen MR) is 114 cm³/mol. The van der Waals surface area contributed by atoms with Crippen LogP contribution in [0.1, 0.15) is 30.9 Å². The predicted octanol–water partition coefficient (Wildman–Crippen LogP) is 0.740. The molecule has 4 bridgehead atoms. The van der Waals surface area contributed by atoms with Gasteiger partial charge in [-0.25, -0.2) is 0 Å². The average molecular weight is 415 g/mol. The summed E-state index contributed by atoms with van der Waals surface area (Å²) < 4.78 is 6.94. The highest BCUT2D eigenvalue weighted by Gasteiger charge is 2.42. The topological polar surface area (TPSA) is 66.8 Å². The fourth-order valence-corrected chi connectivity index (χ4v) is 6.56. The second kappa shape index (κ2) is 8.44. The minimum atomic E-state index is -0.0176. The van der Waals surface area contributed by atoms with Gasteiger partial charge in [-0.2, -0.15) is 0 Å². The molecule has 1 amide bonds. The second-order valence-electron chi connectivity index (χ2n) is 9.85. The van der Waals surface area contributed by atoms with Crippen molar-refractivity contribution >= 4 is 5.91 Å². The Kier molecular flexibility index (Phi) is 5.69. The van der Waals surface area contributed by atoms with Crippen LogP contribution in [0.3, 0.4) is 0 Å². The third kappa shape index (κ3) is 3.95. The van der Waals surface area contributed by atoms with Gasteiger partial charge in [-0.05, 0) is 49.6 Å². The quantitative estimate of drug-likeness (QED) is 0.744. The molecule has 4 saturated heterocycles. The van der Waals surface area contributed by atoms with E-state index in [9.17, 15) is 9.59 Å². The lowest BCUT2D eigenvalue weighted by atomic mass is 9.74. The first-order chi connectivity index (χ1) is 14.6. The maximum Gasteiger partial charge on any atom is 0.250 e. The second-order valence-corrected chi connectivity index (χ2v) is 9.85. The highest BCUT2D eigenvalue weighted by atomic mass is 16.5. The monoisotopic (exact) mass is 414 g/mol. The molecular formula is C23H34N4O3. The Hall–Kier alpha value is -1.70. The molecule has 1 unspecified atom stereocenters. The largest absolute Gasteiger partial charge is 0.375 e. The number of carbonyl (C=O) groups excluding carboxylic acids is 1. The van der Waals surface area contributed by atoms with Crippen LogP contribution < -0.4 is 10.9 Å². The molecule has 5 aliphatic heterocycles. The van der Waals surface area contributed by atoms with Gasteiger partial charge < -0.3 is 19.5 Å². The lowest BCUT2D eigenvalue weighted by Crippen LogP contribution is -2.59. The lowest BCUT2D eigenvalue weighted by molar-refractivity contribution is -0.125. The Morgan fingerprint density at radius 2 is 2.10 bits per heavy atom. The van der Waals surface area contributed by atoms with E-state index in [0.29, 0.717) is 17.9 Å². The van der Waals surface area contributed by atoms with Crippen LogP contribution in [-0.2, 0) is 16.1 Å². The highest BCUT2D eigenvalue weighted by Crippen LogP contribution is 2.39. The van der Waals surface area contributed by atoms with Gasteiger partial charge in [-0.3, -0.25) is 14.5 Å². The van der Waals surface area contributed by atoms with Gasteiger partial charge in [0.2, 0.25) is 5.91 Å². The number of nitrogens with zero attached hydrogens (tertiary/aromatic N) is 3. The molecule has 1 N–H and O–H groups in total. The van der Waals surface area contributed by atoms with Crippen molar-refractivity contribution in [3.8, 4) is 0 Å². The molecule has 4 fully saturated rings. The average Bonchev–Trinajstić information content (AvgIpc) is 2.74. The van der Waals surface area contributed by atoms with Gasteiger partial charge in [-0.15, -0.1) is 0 Å². The number of ether oxygens (including phenoxy) is 1. The van der Waals surface area contributed by atoms with E-state index < -0.39 is 0 Å². The summed E-state index contributed by atoms with van der Waals surface area (Å²) in [7, 11) is 1.56. The Balaban J connectivity index is 1.18. The number of amides is 1. The smallest absolute Gasteiger partial charge is 0.250 e. The molecular weight excluding hydrogens is 380 g/mol. The van der Waals surface area contributed by atoms with Crippen LogP contribution in [-0.4, -0.2) is 79.3 Å². The van der Waals surface area contributed by atoms with Crippen molar-refractivity contribution in [1.82, 2.24) is 19.7 Å². The van der Waals surface area contributed by atoms with Gasteiger partial charge >= 0.3 is 0 Å². The van der Waals surface area contributed by atoms with Gasteiger partial charge in [0, 0.05) is 70.1 Å². The van der Waals surface area contributed by atoms with Crippen molar-refractivity contribution in [2.24, 2.45) is 17.8 Å². The van der Waals surface area contributed by atoms with Crippen LogP contribution in [0.2, 0.25) is 0 Å². The molecule has 6 rings (SSSR count). The van der Waals surface area contributed by atoms with E-state index in [1.165, 1.54) is 31.5 Å². The summed E-state index contributed by atoms with van der Waals surface area (Å²) in [5.74, 6) is 2.56. The Bertz CT molecular complexity index is 840. The maximum absolute atomic E-state index is 12.3. The van der Waals surface area contributed by atoms with Crippen molar-refractivity contribution in [1.29, 1.82) is 0 Å². The molecule has 1 aromatic heterocycles. The number of aromatic nitrogens is 1. The van der Waals surface area contributed by atoms with Gasteiger partial charge in [0.05, 0.1) is 0 Å². The number of hydrogen-bond acceptors (Lipinski definition) is 5. The number of methoxy groups -OCH3 is 1. The van der Waals surface area contributed by atoms with Crippen molar-refractivity contribution < 1.29 is 9.53 Å². The van der Waals surface area contributed by atoms with Gasteiger partial charge in [0.15, 0.2) is 0 Å². The molecule has 7 nitrogen and oxygen atoms in total. The number of piperidine rings is 4. The Labute approximate surface area is 178 Å². The summed E-state index contributed by atoms with van der Waals surface area (Å²) in [6.45, 7) is 7.46. The summed E-state index contributed by atoms with van der Waals surface area (Å²) in [6.07, 6.45) is 3.70. The molecule has 30 heavy (non-hydrogen) atoms. The minimum absolute atomic E-state index is 0.0176. The van der Waals surface area contributed by atoms with E-state index >= 15 is 0 Å². The molecule has 0 saturated carbocycles. The highest BCUT2D eigenvalue weighted by molar-refractivity contribution is 5.77. The molecule has 6 heterocycles. The molecule has 5 aliphatic rings. The number of fused-ring (bicyclic) bond motifs is 7. The third-order valence-corrected chi connectivity index (χ3v) is 7.87. The number of carbonyl (C=O) groups is 1. The van der Waals surface area contributed by atoms with E-state index in [1.807, 2.05) is 10.6 Å². The van der Waals surface area contributed by atoms with Crippen LogP contribution in [0.15, 0.2) is 23.0 Å². The van der Waals surface area contributed by atoms with Crippen LogP contribution in [0.25, 0.3) is 0 Å². The molecule has 0 aliphatic carbocycles. The first-order valence-electron chi connectivity index (χ1n) is 11.5. The number of likely N-dealkylation sites (tertiary alicyclic amines) is 1. The molecule has 0 radical (unpaired) electrons. The van der Waals surface area contributed by atoms with Gasteiger partial charge in [-0.1, -0.05) is 6.07 Å². The molecule has 164 valence electrons.